The van der Waals surface area contributed by atoms with Crippen LogP contribution in [0.4, 0.5) is 0 Å². The first-order valence-electron chi connectivity index (χ1n) is 6.20. The van der Waals surface area contributed by atoms with E-state index in [9.17, 15) is 0 Å². The third kappa shape index (κ3) is 3.98. The van der Waals surface area contributed by atoms with Crippen molar-refractivity contribution in [2.24, 2.45) is 0 Å². The lowest BCUT2D eigenvalue weighted by atomic mass is 10.1. The molecule has 0 saturated carbocycles. The van der Waals surface area contributed by atoms with Crippen LogP contribution in [0.15, 0.2) is 6.20 Å². The zero-order valence-electron chi connectivity index (χ0n) is 10.9. The molecule has 5 heteroatoms. The fraction of sp³-hybridized carbons (Fsp3) is 0.750. The molecule has 1 heterocycles. The number of hydrogen-bond donors (Lipinski definition) is 1. The van der Waals surface area contributed by atoms with E-state index in [-0.39, 0.29) is 6.04 Å². The smallest absolute Gasteiger partial charge is 0.0834 e. The zero-order chi connectivity index (χ0) is 12.7. The van der Waals surface area contributed by atoms with Gasteiger partial charge in [0, 0.05) is 19.8 Å². The third-order valence-corrected chi connectivity index (χ3v) is 3.00. The number of nitrogens with zero attached hydrogens (tertiary/aromatic N) is 2. The van der Waals surface area contributed by atoms with Crippen molar-refractivity contribution in [3.63, 3.8) is 0 Å². The van der Waals surface area contributed by atoms with Crippen LogP contribution in [-0.4, -0.2) is 30.0 Å². The van der Waals surface area contributed by atoms with Crippen LogP contribution in [-0.2, 0) is 11.3 Å². The molecule has 1 N–H and O–H groups in total. The molecule has 17 heavy (non-hydrogen) atoms. The molecule has 0 aliphatic rings. The van der Waals surface area contributed by atoms with Gasteiger partial charge in [-0.1, -0.05) is 18.5 Å². The second kappa shape index (κ2) is 7.69. The van der Waals surface area contributed by atoms with E-state index < -0.39 is 0 Å². The number of halogens is 1. The van der Waals surface area contributed by atoms with Crippen LogP contribution in [0.1, 0.15) is 38.4 Å². The van der Waals surface area contributed by atoms with Gasteiger partial charge in [-0.05, 0) is 26.8 Å². The van der Waals surface area contributed by atoms with Crippen molar-refractivity contribution in [1.82, 2.24) is 15.1 Å². The van der Waals surface area contributed by atoms with Gasteiger partial charge in [-0.2, -0.15) is 5.10 Å². The molecule has 1 aromatic rings. The Hall–Kier alpha value is -0.580. The van der Waals surface area contributed by atoms with Crippen molar-refractivity contribution in [3.8, 4) is 0 Å². The van der Waals surface area contributed by atoms with Crippen molar-refractivity contribution in [2.45, 2.75) is 39.3 Å². The number of hydrogen-bond acceptors (Lipinski definition) is 3. The highest BCUT2D eigenvalue weighted by atomic mass is 35.5. The Balaban J connectivity index is 2.62. The maximum atomic E-state index is 6.17. The fourth-order valence-corrected chi connectivity index (χ4v) is 2.11. The molecule has 0 amide bonds. The molecule has 1 aromatic heterocycles. The monoisotopic (exact) mass is 259 g/mol. The molecule has 0 aliphatic heterocycles. The third-order valence-electron chi connectivity index (χ3n) is 2.71. The van der Waals surface area contributed by atoms with E-state index in [4.69, 9.17) is 16.3 Å². The molecule has 1 atom stereocenters. The van der Waals surface area contributed by atoms with Gasteiger partial charge >= 0.3 is 0 Å². The number of aromatic nitrogens is 2. The molecule has 0 spiro atoms. The Labute approximate surface area is 108 Å². The maximum absolute atomic E-state index is 6.17. The molecule has 4 nitrogen and oxygen atoms in total. The van der Waals surface area contributed by atoms with E-state index in [1.165, 1.54) is 0 Å². The lowest BCUT2D eigenvalue weighted by Gasteiger charge is -2.18. The molecule has 0 saturated heterocycles. The average Bonchev–Trinajstić information content (AvgIpc) is 2.71. The first-order chi connectivity index (χ1) is 8.24. The van der Waals surface area contributed by atoms with E-state index >= 15 is 0 Å². The molecule has 0 fully saturated rings. The van der Waals surface area contributed by atoms with E-state index in [1.807, 2.05) is 11.7 Å². The first kappa shape index (κ1) is 14.5. The Morgan fingerprint density at radius 1 is 1.47 bits per heavy atom. The van der Waals surface area contributed by atoms with Gasteiger partial charge in [-0.15, -0.1) is 0 Å². The minimum absolute atomic E-state index is 0.196. The summed E-state index contributed by atoms with van der Waals surface area (Å²) in [6, 6.07) is 0.196. The fourth-order valence-electron chi connectivity index (χ4n) is 1.84. The second-order valence-electron chi connectivity index (χ2n) is 3.94. The number of rotatable bonds is 8. The van der Waals surface area contributed by atoms with Gasteiger partial charge in [0.05, 0.1) is 23.0 Å². The van der Waals surface area contributed by atoms with Crippen molar-refractivity contribution in [2.75, 3.05) is 20.3 Å². The molecule has 1 unspecified atom stereocenters. The molecule has 0 radical (unpaired) electrons. The lowest BCUT2D eigenvalue weighted by molar-refractivity contribution is 0.124. The topological polar surface area (TPSA) is 39.1 Å². The van der Waals surface area contributed by atoms with Gasteiger partial charge in [-0.3, -0.25) is 4.68 Å². The summed E-state index contributed by atoms with van der Waals surface area (Å²) in [6.07, 6.45) is 3.66. The SMILES string of the molecule is CCCOCCC(NC)c1c(Cl)cnn1CC. The zero-order valence-corrected chi connectivity index (χ0v) is 11.6. The Morgan fingerprint density at radius 2 is 2.24 bits per heavy atom. The quantitative estimate of drug-likeness (QED) is 0.730. The summed E-state index contributed by atoms with van der Waals surface area (Å²) in [5, 5.41) is 8.25. The van der Waals surface area contributed by atoms with Crippen molar-refractivity contribution in [1.29, 1.82) is 0 Å². The van der Waals surface area contributed by atoms with Crippen LogP contribution in [0.25, 0.3) is 0 Å². The minimum Gasteiger partial charge on any atom is -0.381 e. The highest BCUT2D eigenvalue weighted by Crippen LogP contribution is 2.24. The molecule has 98 valence electrons. The summed E-state index contributed by atoms with van der Waals surface area (Å²) in [5.74, 6) is 0. The van der Waals surface area contributed by atoms with Gasteiger partial charge in [0.15, 0.2) is 0 Å². The summed E-state index contributed by atoms with van der Waals surface area (Å²) in [5.41, 5.74) is 1.05. The number of ether oxygens (including phenoxy) is 1. The van der Waals surface area contributed by atoms with Gasteiger partial charge in [0.1, 0.15) is 0 Å². The average molecular weight is 260 g/mol. The normalized spacial score (nSPS) is 12.9. The summed E-state index contributed by atoms with van der Waals surface area (Å²) in [7, 11) is 1.94. The van der Waals surface area contributed by atoms with Crippen molar-refractivity contribution >= 4 is 11.6 Å². The second-order valence-corrected chi connectivity index (χ2v) is 4.34. The Morgan fingerprint density at radius 3 is 2.82 bits per heavy atom. The van der Waals surface area contributed by atoms with Crippen LogP contribution >= 0.6 is 11.6 Å². The summed E-state index contributed by atoms with van der Waals surface area (Å²) in [6.45, 7) is 6.56. The van der Waals surface area contributed by atoms with Crippen LogP contribution in [0.2, 0.25) is 5.02 Å². The van der Waals surface area contributed by atoms with Crippen LogP contribution in [0.3, 0.4) is 0 Å². The maximum Gasteiger partial charge on any atom is 0.0834 e. The van der Waals surface area contributed by atoms with E-state index in [2.05, 4.69) is 24.3 Å². The van der Waals surface area contributed by atoms with Gasteiger partial charge in [0.2, 0.25) is 0 Å². The predicted octanol–water partition coefficient (Wildman–Crippen LogP) is 2.63. The van der Waals surface area contributed by atoms with Crippen LogP contribution in [0.5, 0.6) is 0 Å². The predicted molar refractivity (Wildman–Crippen MR) is 70.4 cm³/mol. The van der Waals surface area contributed by atoms with Gasteiger partial charge < -0.3 is 10.1 Å². The molecule has 1 rings (SSSR count). The summed E-state index contributed by atoms with van der Waals surface area (Å²) >= 11 is 6.17. The standard InChI is InChI=1S/C12H22ClN3O/c1-4-7-17-8-6-11(14-3)12-10(13)9-15-16(12)5-2/h9,11,14H,4-8H2,1-3H3. The highest BCUT2D eigenvalue weighted by Gasteiger charge is 2.18. The highest BCUT2D eigenvalue weighted by molar-refractivity contribution is 6.31. The van der Waals surface area contributed by atoms with E-state index in [1.54, 1.807) is 6.20 Å². The molecule has 0 bridgehead atoms. The molecule has 0 aromatic carbocycles. The minimum atomic E-state index is 0.196. The Kier molecular flexibility index (Phi) is 6.55. The molecule has 0 aliphatic carbocycles. The largest absolute Gasteiger partial charge is 0.381 e. The first-order valence-corrected chi connectivity index (χ1v) is 6.58. The van der Waals surface area contributed by atoms with Crippen molar-refractivity contribution < 1.29 is 4.74 Å². The van der Waals surface area contributed by atoms with E-state index in [0.29, 0.717) is 0 Å². The van der Waals surface area contributed by atoms with E-state index in [0.717, 1.165) is 43.3 Å². The Bertz CT molecular complexity index is 328. The molecular weight excluding hydrogens is 238 g/mol. The van der Waals surface area contributed by atoms with Crippen LogP contribution < -0.4 is 5.32 Å². The number of nitrogens with one attached hydrogen (secondary N) is 1. The number of aryl methyl sites for hydroxylation is 1. The summed E-state index contributed by atoms with van der Waals surface area (Å²) < 4.78 is 7.45. The van der Waals surface area contributed by atoms with Gasteiger partial charge in [-0.25, -0.2) is 0 Å². The lowest BCUT2D eigenvalue weighted by Crippen LogP contribution is -2.22. The molecular formula is C12H22ClN3O. The van der Waals surface area contributed by atoms with Crippen LogP contribution in [0, 0.1) is 0 Å². The summed E-state index contributed by atoms with van der Waals surface area (Å²) in [4.78, 5) is 0. The van der Waals surface area contributed by atoms with Crippen molar-refractivity contribution in [3.05, 3.63) is 16.9 Å². The van der Waals surface area contributed by atoms with Gasteiger partial charge in [0.25, 0.3) is 0 Å².